The first-order chi connectivity index (χ1) is 13.1. The van der Waals surface area contributed by atoms with E-state index in [0.717, 1.165) is 0 Å². The third-order valence-corrected chi connectivity index (χ3v) is 4.24. The van der Waals surface area contributed by atoms with Gasteiger partial charge in [-0.1, -0.05) is 6.07 Å². The van der Waals surface area contributed by atoms with E-state index in [1.54, 1.807) is 52.2 Å². The van der Waals surface area contributed by atoms with E-state index in [1.165, 1.54) is 6.20 Å². The predicted molar refractivity (Wildman–Crippen MR) is 94.0 cm³/mol. The van der Waals surface area contributed by atoms with Crippen LogP contribution in [0, 0.1) is 0 Å². The molecule has 0 saturated carbocycles. The molecule has 1 aliphatic heterocycles. The largest absolute Gasteiger partial charge is 0.424 e. The van der Waals surface area contributed by atoms with Crippen LogP contribution in [0.2, 0.25) is 0 Å². The summed E-state index contributed by atoms with van der Waals surface area (Å²) in [5, 5.41) is 0. The molecular formula is C18H16N6O3. The fraction of sp³-hybridized carbons (Fsp3) is 0.167. The van der Waals surface area contributed by atoms with E-state index in [9.17, 15) is 9.59 Å². The standard InChI is InChI=1S/C18H16N6O3/c19-16(25)14-10-22-15-11-23(7-8-24(14)15)17(26)12-3-1-4-13(9-12)27-18-20-5-2-6-21-18/h1-6,9-10H,7-8,11H2,(H2,19,25). The molecule has 3 aromatic rings. The number of primary amides is 1. The number of rotatable bonds is 4. The zero-order valence-corrected chi connectivity index (χ0v) is 14.3. The van der Waals surface area contributed by atoms with Gasteiger partial charge in [-0.25, -0.2) is 15.0 Å². The number of carbonyl (C=O) groups excluding carboxylic acids is 2. The Balaban J connectivity index is 1.51. The molecule has 1 aliphatic rings. The first-order valence-corrected chi connectivity index (χ1v) is 8.30. The lowest BCUT2D eigenvalue weighted by Gasteiger charge is -2.28. The van der Waals surface area contributed by atoms with Crippen LogP contribution in [0.1, 0.15) is 26.7 Å². The molecule has 0 aliphatic carbocycles. The highest BCUT2D eigenvalue weighted by Crippen LogP contribution is 2.21. The Morgan fingerprint density at radius 2 is 1.89 bits per heavy atom. The third kappa shape index (κ3) is 3.34. The van der Waals surface area contributed by atoms with E-state index in [1.807, 2.05) is 0 Å². The van der Waals surface area contributed by atoms with Gasteiger partial charge in [0.05, 0.1) is 12.7 Å². The topological polar surface area (TPSA) is 116 Å². The van der Waals surface area contributed by atoms with E-state index in [0.29, 0.717) is 42.5 Å². The molecular weight excluding hydrogens is 348 g/mol. The van der Waals surface area contributed by atoms with Crippen molar-refractivity contribution in [3.05, 3.63) is 66.0 Å². The molecule has 4 rings (SSSR count). The Kier molecular flexibility index (Phi) is 4.25. The van der Waals surface area contributed by atoms with Gasteiger partial charge in [-0.2, -0.15) is 0 Å². The number of hydrogen-bond donors (Lipinski definition) is 1. The van der Waals surface area contributed by atoms with Crippen molar-refractivity contribution in [1.82, 2.24) is 24.4 Å². The molecule has 27 heavy (non-hydrogen) atoms. The minimum absolute atomic E-state index is 0.149. The molecule has 0 saturated heterocycles. The zero-order chi connectivity index (χ0) is 18.8. The number of amides is 2. The summed E-state index contributed by atoms with van der Waals surface area (Å²) < 4.78 is 7.33. The lowest BCUT2D eigenvalue weighted by molar-refractivity contribution is 0.0706. The maximum Gasteiger partial charge on any atom is 0.321 e. The van der Waals surface area contributed by atoms with E-state index in [2.05, 4.69) is 15.0 Å². The van der Waals surface area contributed by atoms with Crippen LogP contribution in [-0.4, -0.2) is 42.8 Å². The molecule has 3 heterocycles. The number of ether oxygens (including phenoxy) is 1. The summed E-state index contributed by atoms with van der Waals surface area (Å²) in [5.41, 5.74) is 6.18. The minimum Gasteiger partial charge on any atom is -0.424 e. The van der Waals surface area contributed by atoms with Crippen molar-refractivity contribution in [2.45, 2.75) is 13.1 Å². The summed E-state index contributed by atoms with van der Waals surface area (Å²) in [4.78, 5) is 38.2. The van der Waals surface area contributed by atoms with Crippen LogP contribution in [0.5, 0.6) is 11.8 Å². The highest BCUT2D eigenvalue weighted by molar-refractivity contribution is 5.95. The molecule has 9 nitrogen and oxygen atoms in total. The van der Waals surface area contributed by atoms with Crippen LogP contribution in [-0.2, 0) is 13.1 Å². The normalized spacial score (nSPS) is 13.1. The molecule has 9 heteroatoms. The number of nitrogens with zero attached hydrogens (tertiary/aromatic N) is 5. The number of carbonyl (C=O) groups is 2. The molecule has 2 aromatic heterocycles. The molecule has 2 N–H and O–H groups in total. The summed E-state index contributed by atoms with van der Waals surface area (Å²) in [7, 11) is 0. The summed E-state index contributed by atoms with van der Waals surface area (Å²) >= 11 is 0. The van der Waals surface area contributed by atoms with Crippen molar-refractivity contribution in [3.63, 3.8) is 0 Å². The van der Waals surface area contributed by atoms with Crippen molar-refractivity contribution in [2.75, 3.05) is 6.54 Å². The van der Waals surface area contributed by atoms with Gasteiger partial charge >= 0.3 is 6.01 Å². The van der Waals surface area contributed by atoms with E-state index in [-0.39, 0.29) is 11.9 Å². The summed E-state index contributed by atoms with van der Waals surface area (Å²) in [6.45, 7) is 1.22. The second-order valence-corrected chi connectivity index (χ2v) is 5.96. The van der Waals surface area contributed by atoms with Crippen LogP contribution >= 0.6 is 0 Å². The number of aromatic nitrogens is 4. The van der Waals surface area contributed by atoms with Crippen LogP contribution in [0.15, 0.2) is 48.9 Å². The van der Waals surface area contributed by atoms with Crippen molar-refractivity contribution in [3.8, 4) is 11.8 Å². The van der Waals surface area contributed by atoms with Gasteiger partial charge < -0.3 is 19.9 Å². The smallest absolute Gasteiger partial charge is 0.321 e. The van der Waals surface area contributed by atoms with Crippen LogP contribution in [0.4, 0.5) is 0 Å². The summed E-state index contributed by atoms with van der Waals surface area (Å²) in [5.74, 6) is 0.431. The van der Waals surface area contributed by atoms with Crippen LogP contribution in [0.3, 0.4) is 0 Å². The van der Waals surface area contributed by atoms with Gasteiger partial charge in [0.15, 0.2) is 0 Å². The first-order valence-electron chi connectivity index (χ1n) is 8.30. The molecule has 136 valence electrons. The Morgan fingerprint density at radius 1 is 1.07 bits per heavy atom. The Morgan fingerprint density at radius 3 is 2.67 bits per heavy atom. The van der Waals surface area contributed by atoms with E-state index in [4.69, 9.17) is 10.5 Å². The van der Waals surface area contributed by atoms with E-state index < -0.39 is 5.91 Å². The van der Waals surface area contributed by atoms with Crippen LogP contribution in [0.25, 0.3) is 0 Å². The first kappa shape index (κ1) is 16.7. The number of benzene rings is 1. The van der Waals surface area contributed by atoms with Crippen molar-refractivity contribution in [2.24, 2.45) is 5.73 Å². The zero-order valence-electron chi connectivity index (χ0n) is 14.3. The maximum atomic E-state index is 12.9. The number of nitrogens with two attached hydrogens (primary N) is 1. The summed E-state index contributed by atoms with van der Waals surface area (Å²) in [6, 6.07) is 8.74. The Labute approximate surface area is 154 Å². The predicted octanol–water partition coefficient (Wildman–Crippen LogP) is 1.22. The van der Waals surface area contributed by atoms with Gasteiger partial charge in [0, 0.05) is 31.0 Å². The monoisotopic (exact) mass is 364 g/mol. The van der Waals surface area contributed by atoms with Crippen molar-refractivity contribution < 1.29 is 14.3 Å². The highest BCUT2D eigenvalue weighted by atomic mass is 16.5. The fourth-order valence-electron chi connectivity index (χ4n) is 2.95. The lowest BCUT2D eigenvalue weighted by atomic mass is 10.1. The van der Waals surface area contributed by atoms with Crippen molar-refractivity contribution in [1.29, 1.82) is 0 Å². The quantitative estimate of drug-likeness (QED) is 0.744. The molecule has 0 fully saturated rings. The van der Waals surface area contributed by atoms with E-state index >= 15 is 0 Å². The summed E-state index contributed by atoms with van der Waals surface area (Å²) in [6.07, 6.45) is 4.60. The van der Waals surface area contributed by atoms with Gasteiger partial charge in [-0.3, -0.25) is 9.59 Å². The fourth-order valence-corrected chi connectivity index (χ4v) is 2.95. The highest BCUT2D eigenvalue weighted by Gasteiger charge is 2.25. The molecule has 0 atom stereocenters. The maximum absolute atomic E-state index is 12.9. The SMILES string of the molecule is NC(=O)c1cnc2n1CCN(C(=O)c1cccc(Oc3ncccn3)c1)C2. The minimum atomic E-state index is -0.526. The molecule has 0 unspecified atom stereocenters. The number of imidazole rings is 1. The van der Waals surface area contributed by atoms with Gasteiger partial charge in [-0.15, -0.1) is 0 Å². The second kappa shape index (κ2) is 6.87. The average molecular weight is 364 g/mol. The second-order valence-electron chi connectivity index (χ2n) is 5.96. The van der Waals surface area contributed by atoms with Crippen molar-refractivity contribution >= 4 is 11.8 Å². The Bertz CT molecular complexity index is 1000. The molecule has 2 amide bonds. The van der Waals surface area contributed by atoms with Gasteiger partial charge in [0.2, 0.25) is 0 Å². The molecule has 1 aromatic carbocycles. The number of hydrogen-bond acceptors (Lipinski definition) is 6. The number of fused-ring (bicyclic) bond motifs is 1. The molecule has 0 bridgehead atoms. The van der Waals surface area contributed by atoms with Gasteiger partial charge in [-0.05, 0) is 24.3 Å². The van der Waals surface area contributed by atoms with Gasteiger partial charge in [0.25, 0.3) is 11.8 Å². The van der Waals surface area contributed by atoms with Gasteiger partial charge in [0.1, 0.15) is 17.3 Å². The molecule has 0 spiro atoms. The van der Waals surface area contributed by atoms with Crippen LogP contribution < -0.4 is 10.5 Å². The lowest BCUT2D eigenvalue weighted by Crippen LogP contribution is -2.39. The third-order valence-electron chi connectivity index (χ3n) is 4.24. The Hall–Kier alpha value is -3.75. The average Bonchev–Trinajstić information content (AvgIpc) is 3.12. The molecule has 0 radical (unpaired) electrons.